The summed E-state index contributed by atoms with van der Waals surface area (Å²) in [6.45, 7) is 6.57. The molecule has 0 radical (unpaired) electrons. The van der Waals surface area contributed by atoms with Gasteiger partial charge in [-0.3, -0.25) is 9.59 Å². The number of hydrogen-bond acceptors (Lipinski definition) is 5. The highest BCUT2D eigenvalue weighted by atomic mass is 16.6. The van der Waals surface area contributed by atoms with Crippen LogP contribution in [-0.4, -0.2) is 58.6 Å². The summed E-state index contributed by atoms with van der Waals surface area (Å²) in [4.78, 5) is 50.3. The predicted molar refractivity (Wildman–Crippen MR) is 115 cm³/mol. The van der Waals surface area contributed by atoms with Gasteiger partial charge in [0.25, 0.3) is 0 Å². The number of amides is 3. The maximum atomic E-state index is 12.8. The van der Waals surface area contributed by atoms with E-state index in [4.69, 9.17) is 9.84 Å². The molecule has 170 valence electrons. The first-order valence-corrected chi connectivity index (χ1v) is 10.5. The molecule has 0 saturated carbocycles. The number of aromatic carboxylic acids is 1. The number of hydrogen-bond donors (Lipinski definition) is 3. The van der Waals surface area contributed by atoms with Crippen molar-refractivity contribution in [3.63, 3.8) is 0 Å². The number of nitrogens with one attached hydrogen (secondary N) is 2. The number of piperidine rings is 1. The quantitative estimate of drug-likeness (QED) is 0.607. The molecule has 0 bridgehead atoms. The molecule has 9 nitrogen and oxygen atoms in total. The highest BCUT2D eigenvalue weighted by Gasteiger charge is 2.26. The smallest absolute Gasteiger partial charge is 0.408 e. The second kappa shape index (κ2) is 10.8. The Morgan fingerprint density at radius 3 is 2.23 bits per heavy atom. The Morgan fingerprint density at radius 2 is 1.68 bits per heavy atom. The third-order valence-electron chi connectivity index (χ3n) is 4.76. The van der Waals surface area contributed by atoms with E-state index >= 15 is 0 Å². The molecule has 1 fully saturated rings. The van der Waals surface area contributed by atoms with Crippen LogP contribution < -0.4 is 10.6 Å². The second-order valence-electron chi connectivity index (χ2n) is 8.55. The molecular weight excluding hydrogens is 402 g/mol. The molecular formula is C22H31N3O6. The fourth-order valence-electron chi connectivity index (χ4n) is 3.21. The number of ether oxygens (including phenoxy) is 1. The van der Waals surface area contributed by atoms with Crippen LogP contribution in [0.25, 0.3) is 0 Å². The molecule has 1 aliphatic rings. The number of carboxylic acids is 1. The molecule has 0 aromatic heterocycles. The molecule has 2 rings (SSSR count). The van der Waals surface area contributed by atoms with E-state index in [0.717, 1.165) is 19.3 Å². The zero-order valence-electron chi connectivity index (χ0n) is 18.3. The van der Waals surface area contributed by atoms with Gasteiger partial charge in [-0.2, -0.15) is 0 Å². The zero-order chi connectivity index (χ0) is 23.0. The fraction of sp³-hybridized carbons (Fsp3) is 0.545. The van der Waals surface area contributed by atoms with Crippen LogP contribution in [0.1, 0.15) is 63.2 Å². The number of carboxylic acid groups (broad SMARTS) is 1. The van der Waals surface area contributed by atoms with Gasteiger partial charge in [0.1, 0.15) is 11.6 Å². The Bertz CT molecular complexity index is 794. The van der Waals surface area contributed by atoms with Gasteiger partial charge in [-0.25, -0.2) is 9.59 Å². The summed E-state index contributed by atoms with van der Waals surface area (Å²) in [6, 6.07) is 4.68. The summed E-state index contributed by atoms with van der Waals surface area (Å²) in [6.07, 6.45) is 2.53. The lowest BCUT2D eigenvalue weighted by Gasteiger charge is -2.28. The molecule has 1 atom stereocenters. The van der Waals surface area contributed by atoms with Crippen molar-refractivity contribution in [3.8, 4) is 0 Å². The maximum absolute atomic E-state index is 12.8. The molecule has 9 heteroatoms. The van der Waals surface area contributed by atoms with Gasteiger partial charge in [-0.05, 0) is 70.7 Å². The monoisotopic (exact) mass is 433 g/mol. The van der Waals surface area contributed by atoms with Gasteiger partial charge in [0.05, 0.1) is 5.56 Å². The minimum atomic E-state index is -1.07. The van der Waals surface area contributed by atoms with Crippen LogP contribution >= 0.6 is 0 Å². The minimum Gasteiger partial charge on any atom is -0.478 e. The zero-order valence-corrected chi connectivity index (χ0v) is 18.3. The van der Waals surface area contributed by atoms with Crippen molar-refractivity contribution in [1.29, 1.82) is 0 Å². The van der Waals surface area contributed by atoms with Crippen molar-refractivity contribution in [2.24, 2.45) is 0 Å². The van der Waals surface area contributed by atoms with Crippen LogP contribution in [0, 0.1) is 0 Å². The summed E-state index contributed by atoms with van der Waals surface area (Å²) in [5, 5.41) is 14.2. The number of benzene rings is 1. The average Bonchev–Trinajstić information content (AvgIpc) is 2.70. The van der Waals surface area contributed by atoms with Gasteiger partial charge >= 0.3 is 12.1 Å². The number of carbonyl (C=O) groups is 4. The molecule has 1 aromatic rings. The lowest BCUT2D eigenvalue weighted by Crippen LogP contribution is -2.46. The molecule has 0 aliphatic carbocycles. The van der Waals surface area contributed by atoms with Gasteiger partial charge in [-0.15, -0.1) is 0 Å². The Labute approximate surface area is 182 Å². The highest BCUT2D eigenvalue weighted by molar-refractivity contribution is 5.97. The third-order valence-corrected chi connectivity index (χ3v) is 4.76. The van der Waals surface area contributed by atoms with Gasteiger partial charge in [0.15, 0.2) is 0 Å². The van der Waals surface area contributed by atoms with E-state index in [2.05, 4.69) is 10.6 Å². The lowest BCUT2D eigenvalue weighted by atomic mass is 10.1. The number of carbonyl (C=O) groups excluding carboxylic acids is 3. The van der Waals surface area contributed by atoms with Crippen LogP contribution in [0.3, 0.4) is 0 Å². The van der Waals surface area contributed by atoms with Gasteiger partial charge in [-0.1, -0.05) is 0 Å². The molecule has 1 saturated heterocycles. The van der Waals surface area contributed by atoms with E-state index in [1.807, 2.05) is 0 Å². The van der Waals surface area contributed by atoms with Crippen LogP contribution in [0.4, 0.5) is 10.5 Å². The summed E-state index contributed by atoms with van der Waals surface area (Å²) < 4.78 is 5.24. The van der Waals surface area contributed by atoms with Gasteiger partial charge in [0, 0.05) is 25.2 Å². The standard InChI is InChI=1S/C22H31N3O6/c1-22(2,3)31-21(30)24-17(11-12-18(26)25-13-5-4-6-14-25)19(27)23-16-9-7-15(8-10-16)20(28)29/h7-10,17H,4-6,11-14H2,1-3H3,(H,23,27)(H,24,30)(H,28,29)/t17-/m0/s1. The summed E-state index contributed by atoms with van der Waals surface area (Å²) in [5.41, 5.74) is -0.261. The molecule has 0 spiro atoms. The first kappa shape index (κ1) is 24.2. The largest absolute Gasteiger partial charge is 0.478 e. The fourth-order valence-corrected chi connectivity index (χ4v) is 3.21. The average molecular weight is 434 g/mol. The first-order valence-electron chi connectivity index (χ1n) is 10.5. The van der Waals surface area contributed by atoms with Crippen LogP contribution in [0.2, 0.25) is 0 Å². The minimum absolute atomic E-state index is 0.0469. The molecule has 1 aliphatic heterocycles. The van der Waals surface area contributed by atoms with Crippen LogP contribution in [0.5, 0.6) is 0 Å². The van der Waals surface area contributed by atoms with E-state index in [-0.39, 0.29) is 24.3 Å². The van der Waals surface area contributed by atoms with E-state index in [1.54, 1.807) is 25.7 Å². The van der Waals surface area contributed by atoms with E-state index in [0.29, 0.717) is 18.8 Å². The van der Waals surface area contributed by atoms with Gasteiger partial charge < -0.3 is 25.4 Å². The second-order valence-corrected chi connectivity index (χ2v) is 8.55. The number of nitrogens with zero attached hydrogens (tertiary/aromatic N) is 1. The molecule has 3 N–H and O–H groups in total. The van der Waals surface area contributed by atoms with Crippen molar-refractivity contribution in [1.82, 2.24) is 10.2 Å². The Kier molecular flexibility index (Phi) is 8.41. The lowest BCUT2D eigenvalue weighted by molar-refractivity contribution is -0.132. The summed E-state index contributed by atoms with van der Waals surface area (Å²) >= 11 is 0. The molecule has 1 aromatic carbocycles. The Morgan fingerprint density at radius 1 is 1.06 bits per heavy atom. The van der Waals surface area contributed by atoms with Crippen molar-refractivity contribution in [2.75, 3.05) is 18.4 Å². The maximum Gasteiger partial charge on any atom is 0.408 e. The van der Waals surface area contributed by atoms with E-state index in [1.165, 1.54) is 24.3 Å². The summed E-state index contributed by atoms with van der Waals surface area (Å²) in [7, 11) is 0. The topological polar surface area (TPSA) is 125 Å². The van der Waals surface area contributed by atoms with Gasteiger partial charge in [0.2, 0.25) is 11.8 Å². The molecule has 0 unspecified atom stereocenters. The van der Waals surface area contributed by atoms with Crippen molar-refractivity contribution in [2.45, 2.75) is 64.5 Å². The predicted octanol–water partition coefficient (Wildman–Crippen LogP) is 3.01. The molecule has 31 heavy (non-hydrogen) atoms. The van der Waals surface area contributed by atoms with Crippen molar-refractivity contribution < 1.29 is 29.0 Å². The van der Waals surface area contributed by atoms with Crippen LogP contribution in [-0.2, 0) is 14.3 Å². The summed E-state index contributed by atoms with van der Waals surface area (Å²) in [5.74, 6) is -1.63. The first-order chi connectivity index (χ1) is 14.5. The van der Waals surface area contributed by atoms with E-state index < -0.39 is 29.6 Å². The number of likely N-dealkylation sites (tertiary alicyclic amines) is 1. The Hall–Kier alpha value is -3.10. The number of alkyl carbamates (subject to hydrolysis) is 1. The van der Waals surface area contributed by atoms with Crippen molar-refractivity contribution in [3.05, 3.63) is 29.8 Å². The molecule has 3 amide bonds. The molecule has 1 heterocycles. The third kappa shape index (κ3) is 8.27. The number of anilines is 1. The van der Waals surface area contributed by atoms with Crippen LogP contribution in [0.15, 0.2) is 24.3 Å². The highest BCUT2D eigenvalue weighted by Crippen LogP contribution is 2.14. The van der Waals surface area contributed by atoms with Crippen molar-refractivity contribution >= 4 is 29.6 Å². The SMILES string of the molecule is CC(C)(C)OC(=O)N[C@@H](CCC(=O)N1CCCCC1)C(=O)Nc1ccc(C(=O)O)cc1. The van der Waals surface area contributed by atoms with E-state index in [9.17, 15) is 19.2 Å². The number of rotatable bonds is 7. The Balaban J connectivity index is 2.03. The normalized spacial score (nSPS) is 15.0.